The first-order valence-corrected chi connectivity index (χ1v) is 14.1. The van der Waals surface area contributed by atoms with Crippen LogP contribution in [0.3, 0.4) is 0 Å². The molecule has 0 aliphatic carbocycles. The summed E-state index contributed by atoms with van der Waals surface area (Å²) in [5.41, 5.74) is 0.749. The molecule has 2 aromatic rings. The van der Waals surface area contributed by atoms with E-state index in [4.69, 9.17) is 14.2 Å². The minimum absolute atomic E-state index is 0.0000114. The Labute approximate surface area is 228 Å². The Morgan fingerprint density at radius 1 is 0.632 bits per heavy atom. The molecule has 0 spiro atoms. The Bertz CT molecular complexity index is 1000. The predicted octanol–water partition coefficient (Wildman–Crippen LogP) is 7.79. The minimum atomic E-state index is -0.711. The maximum absolute atomic E-state index is 13.4. The third-order valence-electron chi connectivity index (χ3n) is 6.91. The zero-order valence-corrected chi connectivity index (χ0v) is 23.5. The maximum Gasteiger partial charge on any atom is 0.339 e. The second-order valence-corrected chi connectivity index (χ2v) is 9.82. The number of carbonyl (C=O) groups is 3. The molecule has 0 radical (unpaired) electrons. The van der Waals surface area contributed by atoms with E-state index in [9.17, 15) is 14.4 Å². The van der Waals surface area contributed by atoms with E-state index in [0.717, 1.165) is 56.9 Å². The van der Waals surface area contributed by atoms with Crippen molar-refractivity contribution in [1.82, 2.24) is 0 Å². The summed E-state index contributed by atoms with van der Waals surface area (Å²) in [6.07, 6.45) is 7.93. The van der Waals surface area contributed by atoms with Gasteiger partial charge in [0, 0.05) is 0 Å². The van der Waals surface area contributed by atoms with Gasteiger partial charge in [0.05, 0.1) is 29.9 Å². The van der Waals surface area contributed by atoms with Crippen molar-refractivity contribution < 1.29 is 28.6 Å². The third-order valence-corrected chi connectivity index (χ3v) is 6.91. The lowest BCUT2D eigenvalue weighted by Crippen LogP contribution is -2.22. The van der Waals surface area contributed by atoms with Crippen molar-refractivity contribution in [1.29, 1.82) is 0 Å². The van der Waals surface area contributed by atoms with Gasteiger partial charge in [0.1, 0.15) is 6.61 Å². The van der Waals surface area contributed by atoms with Gasteiger partial charge >= 0.3 is 17.9 Å². The molecule has 6 nitrogen and oxygen atoms in total. The van der Waals surface area contributed by atoms with Crippen molar-refractivity contribution in [3.63, 3.8) is 0 Å². The topological polar surface area (TPSA) is 78.9 Å². The highest BCUT2D eigenvalue weighted by Gasteiger charge is 2.28. The number of hydrogen-bond acceptors (Lipinski definition) is 6. The fourth-order valence-corrected chi connectivity index (χ4v) is 4.25. The standard InChI is InChI=1S/C32H44O6/c1-5-9-15-24(7-3)21-36-30(33)27-19-14-20-28(31(34)37-23-26-17-12-11-13-18-26)29(27)32(35)38-22-25(8-4)16-10-6-2/h11-14,17-20,24-25H,5-10,15-16,21-23H2,1-4H3. The summed E-state index contributed by atoms with van der Waals surface area (Å²) >= 11 is 0. The van der Waals surface area contributed by atoms with E-state index in [1.165, 1.54) is 12.1 Å². The van der Waals surface area contributed by atoms with Gasteiger partial charge in [0.2, 0.25) is 0 Å². The van der Waals surface area contributed by atoms with Gasteiger partial charge in [-0.25, -0.2) is 14.4 Å². The second kappa shape index (κ2) is 17.4. The van der Waals surface area contributed by atoms with E-state index in [0.29, 0.717) is 0 Å². The molecular formula is C32H44O6. The van der Waals surface area contributed by atoms with E-state index in [2.05, 4.69) is 27.7 Å². The molecule has 6 heteroatoms. The van der Waals surface area contributed by atoms with Gasteiger partial charge in [-0.15, -0.1) is 0 Å². The van der Waals surface area contributed by atoms with Crippen LogP contribution in [0, 0.1) is 11.8 Å². The van der Waals surface area contributed by atoms with Crippen LogP contribution in [0.2, 0.25) is 0 Å². The summed E-state index contributed by atoms with van der Waals surface area (Å²) < 4.78 is 16.8. The van der Waals surface area contributed by atoms with E-state index >= 15 is 0 Å². The predicted molar refractivity (Wildman–Crippen MR) is 149 cm³/mol. The number of esters is 3. The highest BCUT2D eigenvalue weighted by molar-refractivity contribution is 6.10. The molecule has 0 fully saturated rings. The molecule has 0 amide bonds. The number of benzene rings is 2. The van der Waals surface area contributed by atoms with Gasteiger partial charge in [0.15, 0.2) is 0 Å². The SMILES string of the molecule is CCCCC(CC)COC(=O)c1cccc(C(=O)OCc2ccccc2)c1C(=O)OCC(CC)CCCC. The molecule has 0 N–H and O–H groups in total. The van der Waals surface area contributed by atoms with Gasteiger partial charge in [-0.2, -0.15) is 0 Å². The molecule has 0 aromatic heterocycles. The van der Waals surface area contributed by atoms with E-state index in [1.807, 2.05) is 30.3 Å². The second-order valence-electron chi connectivity index (χ2n) is 9.82. The first-order chi connectivity index (χ1) is 18.4. The van der Waals surface area contributed by atoms with Crippen molar-refractivity contribution >= 4 is 17.9 Å². The molecule has 0 saturated heterocycles. The number of rotatable bonds is 17. The zero-order chi connectivity index (χ0) is 27.8. The first-order valence-electron chi connectivity index (χ1n) is 14.1. The summed E-state index contributed by atoms with van der Waals surface area (Å²) in [6.45, 7) is 8.93. The van der Waals surface area contributed by atoms with Crippen molar-refractivity contribution in [3.05, 3.63) is 70.8 Å². The summed E-state index contributed by atoms with van der Waals surface area (Å²) in [7, 11) is 0. The van der Waals surface area contributed by atoms with Crippen LogP contribution in [0.1, 0.15) is 116 Å². The number of carbonyl (C=O) groups excluding carboxylic acids is 3. The summed E-state index contributed by atoms with van der Waals surface area (Å²) in [4.78, 5) is 39.6. The average Bonchev–Trinajstić information content (AvgIpc) is 2.95. The molecule has 2 rings (SSSR count). The van der Waals surface area contributed by atoms with Crippen molar-refractivity contribution in [2.45, 2.75) is 85.7 Å². The van der Waals surface area contributed by atoms with Gasteiger partial charge in [-0.3, -0.25) is 0 Å². The van der Waals surface area contributed by atoms with Gasteiger partial charge in [0.25, 0.3) is 0 Å². The molecule has 2 aromatic carbocycles. The Kier molecular flexibility index (Phi) is 14.2. The van der Waals surface area contributed by atoms with Gasteiger partial charge in [-0.1, -0.05) is 103 Å². The summed E-state index contributed by atoms with van der Waals surface area (Å²) in [5.74, 6) is -1.57. The number of unbranched alkanes of at least 4 members (excludes halogenated alkanes) is 2. The fourth-order valence-electron chi connectivity index (χ4n) is 4.25. The quantitative estimate of drug-likeness (QED) is 0.155. The Balaban J connectivity index is 2.28. The molecule has 0 aliphatic heterocycles. The molecule has 2 unspecified atom stereocenters. The highest BCUT2D eigenvalue weighted by Crippen LogP contribution is 2.22. The highest BCUT2D eigenvalue weighted by atomic mass is 16.5. The Hall–Kier alpha value is -3.15. The van der Waals surface area contributed by atoms with Crippen molar-refractivity contribution in [2.24, 2.45) is 11.8 Å². The Morgan fingerprint density at radius 2 is 1.13 bits per heavy atom. The van der Waals surface area contributed by atoms with Crippen LogP contribution in [0.4, 0.5) is 0 Å². The molecular weight excluding hydrogens is 480 g/mol. The van der Waals surface area contributed by atoms with Crippen LogP contribution in [0.25, 0.3) is 0 Å². The minimum Gasteiger partial charge on any atom is -0.462 e. The lowest BCUT2D eigenvalue weighted by molar-refractivity contribution is 0.0369. The zero-order valence-electron chi connectivity index (χ0n) is 23.5. The Morgan fingerprint density at radius 3 is 1.63 bits per heavy atom. The monoisotopic (exact) mass is 524 g/mol. The van der Waals surface area contributed by atoms with Crippen LogP contribution >= 0.6 is 0 Å². The summed E-state index contributed by atoms with van der Waals surface area (Å²) in [6, 6.07) is 13.9. The first kappa shape index (κ1) is 31.1. The van der Waals surface area contributed by atoms with Crippen LogP contribution in [-0.4, -0.2) is 31.1 Å². The van der Waals surface area contributed by atoms with Crippen LogP contribution in [-0.2, 0) is 20.8 Å². The normalized spacial score (nSPS) is 12.4. The van der Waals surface area contributed by atoms with Crippen molar-refractivity contribution in [2.75, 3.05) is 13.2 Å². The van der Waals surface area contributed by atoms with Gasteiger partial charge < -0.3 is 14.2 Å². The molecule has 0 aliphatic rings. The average molecular weight is 525 g/mol. The molecule has 208 valence electrons. The van der Waals surface area contributed by atoms with Crippen LogP contribution in [0.5, 0.6) is 0 Å². The van der Waals surface area contributed by atoms with Crippen LogP contribution in [0.15, 0.2) is 48.5 Å². The molecule has 0 bridgehead atoms. The molecule has 2 atom stereocenters. The fraction of sp³-hybridized carbons (Fsp3) is 0.531. The van der Waals surface area contributed by atoms with E-state index in [1.54, 1.807) is 6.07 Å². The molecule has 38 heavy (non-hydrogen) atoms. The van der Waals surface area contributed by atoms with E-state index < -0.39 is 17.9 Å². The third kappa shape index (κ3) is 9.96. The maximum atomic E-state index is 13.4. The number of hydrogen-bond donors (Lipinski definition) is 0. The van der Waals surface area contributed by atoms with Crippen LogP contribution < -0.4 is 0 Å². The smallest absolute Gasteiger partial charge is 0.339 e. The van der Waals surface area contributed by atoms with Crippen molar-refractivity contribution in [3.8, 4) is 0 Å². The molecule has 0 saturated carbocycles. The summed E-state index contributed by atoms with van der Waals surface area (Å²) in [5, 5.41) is 0. The van der Waals surface area contributed by atoms with Gasteiger partial charge in [-0.05, 0) is 42.4 Å². The van der Waals surface area contributed by atoms with E-state index in [-0.39, 0.29) is 48.3 Å². The lowest BCUT2D eigenvalue weighted by atomic mass is 9.99. The molecule has 0 heterocycles. The largest absolute Gasteiger partial charge is 0.462 e. The number of ether oxygens (including phenoxy) is 3. The lowest BCUT2D eigenvalue weighted by Gasteiger charge is -2.18.